The zero-order valence-electron chi connectivity index (χ0n) is 11.4. The summed E-state index contributed by atoms with van der Waals surface area (Å²) >= 11 is 0. The highest BCUT2D eigenvalue weighted by Gasteiger charge is 2.11. The van der Waals surface area contributed by atoms with Crippen LogP contribution in [0.5, 0.6) is 5.75 Å². The summed E-state index contributed by atoms with van der Waals surface area (Å²) in [5.41, 5.74) is 6.92. The van der Waals surface area contributed by atoms with Gasteiger partial charge in [-0.05, 0) is 24.1 Å². The van der Waals surface area contributed by atoms with Gasteiger partial charge in [0.25, 0.3) is 10.2 Å². The third-order valence-electron chi connectivity index (χ3n) is 2.44. The number of benzene rings is 1. The Morgan fingerprint density at radius 3 is 2.58 bits per heavy atom. The average Bonchev–Trinajstić information content (AvgIpc) is 2.34. The van der Waals surface area contributed by atoms with E-state index < -0.39 is 10.2 Å². The summed E-state index contributed by atoms with van der Waals surface area (Å²) in [7, 11) is -1.98. The molecule has 0 aliphatic rings. The largest absolute Gasteiger partial charge is 0.496 e. The van der Waals surface area contributed by atoms with E-state index in [1.807, 2.05) is 13.8 Å². The smallest absolute Gasteiger partial charge is 0.277 e. The van der Waals surface area contributed by atoms with Gasteiger partial charge in [-0.25, -0.2) is 4.72 Å². The van der Waals surface area contributed by atoms with Crippen molar-refractivity contribution in [2.45, 2.75) is 20.4 Å². The molecule has 0 aliphatic heterocycles. The van der Waals surface area contributed by atoms with Crippen LogP contribution in [0.25, 0.3) is 0 Å². The quantitative estimate of drug-likeness (QED) is 0.648. The second kappa shape index (κ2) is 6.74. The van der Waals surface area contributed by atoms with Gasteiger partial charge in [-0.1, -0.05) is 13.8 Å². The lowest BCUT2D eigenvalue weighted by molar-refractivity contribution is 0.409. The minimum Gasteiger partial charge on any atom is -0.496 e. The third-order valence-corrected chi connectivity index (χ3v) is 3.51. The molecule has 0 spiro atoms. The molecule has 0 atom stereocenters. The molecule has 0 aromatic heterocycles. The Morgan fingerprint density at radius 1 is 1.32 bits per heavy atom. The zero-order valence-corrected chi connectivity index (χ0v) is 12.3. The molecule has 0 saturated carbocycles. The van der Waals surface area contributed by atoms with Crippen LogP contribution in [-0.4, -0.2) is 22.1 Å². The normalized spacial score (nSPS) is 11.8. The second-order valence-corrected chi connectivity index (χ2v) is 6.22. The summed E-state index contributed by atoms with van der Waals surface area (Å²) in [6.45, 7) is 4.39. The highest BCUT2D eigenvalue weighted by molar-refractivity contribution is 7.87. The molecule has 1 rings (SSSR count). The van der Waals surface area contributed by atoms with Gasteiger partial charge in [0, 0.05) is 24.3 Å². The maximum atomic E-state index is 11.7. The molecule has 0 heterocycles. The molecule has 0 radical (unpaired) electrons. The first kappa shape index (κ1) is 15.7. The summed E-state index contributed by atoms with van der Waals surface area (Å²) < 4.78 is 33.5. The lowest BCUT2D eigenvalue weighted by Gasteiger charge is -2.12. The molecule has 0 unspecified atom stereocenters. The maximum Gasteiger partial charge on any atom is 0.277 e. The highest BCUT2D eigenvalue weighted by atomic mass is 32.2. The van der Waals surface area contributed by atoms with Crippen LogP contribution in [0, 0.1) is 5.92 Å². The van der Waals surface area contributed by atoms with Crippen LogP contribution in [0.1, 0.15) is 19.4 Å². The SMILES string of the molecule is COc1ccc(N)cc1CNS(=O)(=O)NCC(C)C. The van der Waals surface area contributed by atoms with E-state index in [0.717, 1.165) is 0 Å². The molecule has 6 nitrogen and oxygen atoms in total. The minimum absolute atomic E-state index is 0.127. The van der Waals surface area contributed by atoms with Crippen LogP contribution in [0.15, 0.2) is 18.2 Å². The van der Waals surface area contributed by atoms with Crippen LogP contribution in [0.3, 0.4) is 0 Å². The first-order chi connectivity index (χ1) is 8.84. The number of methoxy groups -OCH3 is 1. The highest BCUT2D eigenvalue weighted by Crippen LogP contribution is 2.20. The number of nitrogens with two attached hydrogens (primary N) is 1. The second-order valence-electron chi connectivity index (χ2n) is 4.64. The number of nitrogens with one attached hydrogen (secondary N) is 2. The van der Waals surface area contributed by atoms with Crippen molar-refractivity contribution in [1.82, 2.24) is 9.44 Å². The van der Waals surface area contributed by atoms with Crippen molar-refractivity contribution >= 4 is 15.9 Å². The van der Waals surface area contributed by atoms with E-state index >= 15 is 0 Å². The van der Waals surface area contributed by atoms with Crippen LogP contribution >= 0.6 is 0 Å². The average molecular weight is 287 g/mol. The number of nitrogen functional groups attached to an aromatic ring is 1. The number of anilines is 1. The number of hydrogen-bond acceptors (Lipinski definition) is 4. The Morgan fingerprint density at radius 2 is 2.00 bits per heavy atom. The molecule has 19 heavy (non-hydrogen) atoms. The zero-order chi connectivity index (χ0) is 14.5. The van der Waals surface area contributed by atoms with Gasteiger partial charge in [0.2, 0.25) is 0 Å². The Hall–Kier alpha value is -1.31. The van der Waals surface area contributed by atoms with Gasteiger partial charge in [0.15, 0.2) is 0 Å². The Labute approximate surface area is 114 Å². The Kier molecular flexibility index (Phi) is 5.59. The van der Waals surface area contributed by atoms with Gasteiger partial charge in [-0.2, -0.15) is 13.1 Å². The molecule has 0 fully saturated rings. The molecular weight excluding hydrogens is 266 g/mol. The van der Waals surface area contributed by atoms with Crippen molar-refractivity contribution in [2.24, 2.45) is 5.92 Å². The van der Waals surface area contributed by atoms with Crippen molar-refractivity contribution in [1.29, 1.82) is 0 Å². The van der Waals surface area contributed by atoms with E-state index in [2.05, 4.69) is 9.44 Å². The van der Waals surface area contributed by atoms with Crippen molar-refractivity contribution in [3.8, 4) is 5.75 Å². The molecule has 1 aromatic rings. The van der Waals surface area contributed by atoms with Crippen molar-refractivity contribution in [2.75, 3.05) is 19.4 Å². The fourth-order valence-corrected chi connectivity index (χ4v) is 2.44. The molecule has 0 aliphatic carbocycles. The van der Waals surface area contributed by atoms with Gasteiger partial charge in [0.05, 0.1) is 7.11 Å². The number of hydrogen-bond donors (Lipinski definition) is 3. The van der Waals surface area contributed by atoms with Crippen molar-refractivity contribution in [3.63, 3.8) is 0 Å². The van der Waals surface area contributed by atoms with Crippen molar-refractivity contribution < 1.29 is 13.2 Å². The van der Waals surface area contributed by atoms with E-state index in [1.54, 1.807) is 18.2 Å². The summed E-state index contributed by atoms with van der Waals surface area (Å²) in [5.74, 6) is 0.847. The van der Waals surface area contributed by atoms with Gasteiger partial charge >= 0.3 is 0 Å². The molecule has 0 saturated heterocycles. The molecular formula is C12H21N3O3S. The molecule has 4 N–H and O–H groups in total. The minimum atomic E-state index is -3.51. The standard InChI is InChI=1S/C12H21N3O3S/c1-9(2)7-14-19(16,17)15-8-10-6-11(13)4-5-12(10)18-3/h4-6,9,14-15H,7-8,13H2,1-3H3. The topological polar surface area (TPSA) is 93.4 Å². The van der Waals surface area contributed by atoms with Gasteiger partial charge in [-0.3, -0.25) is 0 Å². The fourth-order valence-electron chi connectivity index (χ4n) is 1.44. The predicted octanol–water partition coefficient (Wildman–Crippen LogP) is 0.857. The predicted molar refractivity (Wildman–Crippen MR) is 76.0 cm³/mol. The Bertz CT molecular complexity index is 515. The first-order valence-corrected chi connectivity index (χ1v) is 7.49. The van der Waals surface area contributed by atoms with Gasteiger partial charge in [0.1, 0.15) is 5.75 Å². The molecule has 7 heteroatoms. The van der Waals surface area contributed by atoms with E-state index in [1.165, 1.54) is 7.11 Å². The number of rotatable bonds is 7. The summed E-state index contributed by atoms with van der Waals surface area (Å²) in [5, 5.41) is 0. The van der Waals surface area contributed by atoms with E-state index in [9.17, 15) is 8.42 Å². The third kappa shape index (κ3) is 5.46. The van der Waals surface area contributed by atoms with Crippen molar-refractivity contribution in [3.05, 3.63) is 23.8 Å². The van der Waals surface area contributed by atoms with Gasteiger partial charge < -0.3 is 10.5 Å². The van der Waals surface area contributed by atoms with Gasteiger partial charge in [-0.15, -0.1) is 0 Å². The molecule has 108 valence electrons. The lowest BCUT2D eigenvalue weighted by atomic mass is 10.2. The maximum absolute atomic E-state index is 11.7. The van der Waals surface area contributed by atoms with E-state index in [0.29, 0.717) is 23.5 Å². The van der Waals surface area contributed by atoms with E-state index in [-0.39, 0.29) is 12.5 Å². The molecule has 0 bridgehead atoms. The summed E-state index contributed by atoms with van der Waals surface area (Å²) in [4.78, 5) is 0. The first-order valence-electron chi connectivity index (χ1n) is 6.00. The summed E-state index contributed by atoms with van der Waals surface area (Å²) in [6, 6.07) is 5.10. The molecule has 1 aromatic carbocycles. The number of ether oxygens (including phenoxy) is 1. The van der Waals surface area contributed by atoms with Crippen LogP contribution < -0.4 is 19.9 Å². The summed E-state index contributed by atoms with van der Waals surface area (Å²) in [6.07, 6.45) is 0. The fraction of sp³-hybridized carbons (Fsp3) is 0.500. The van der Waals surface area contributed by atoms with E-state index in [4.69, 9.17) is 10.5 Å². The van der Waals surface area contributed by atoms with Crippen LogP contribution in [-0.2, 0) is 16.8 Å². The molecule has 0 amide bonds. The Balaban J connectivity index is 2.68. The van der Waals surface area contributed by atoms with Crippen LogP contribution in [0.4, 0.5) is 5.69 Å². The van der Waals surface area contributed by atoms with Crippen LogP contribution in [0.2, 0.25) is 0 Å². The lowest BCUT2D eigenvalue weighted by Crippen LogP contribution is -2.38. The monoisotopic (exact) mass is 287 g/mol.